The Labute approximate surface area is 162 Å². The molecule has 0 aliphatic heterocycles. The van der Waals surface area contributed by atoms with Crippen LogP contribution in [0.5, 0.6) is 0 Å². The van der Waals surface area contributed by atoms with Gasteiger partial charge in [-0.3, -0.25) is 10.2 Å². The number of carbonyl (C=O) groups excluding carboxylic acids is 1. The lowest BCUT2D eigenvalue weighted by atomic mass is 9.74. The summed E-state index contributed by atoms with van der Waals surface area (Å²) in [5.41, 5.74) is 11.5. The van der Waals surface area contributed by atoms with E-state index in [1.807, 2.05) is 24.3 Å². The van der Waals surface area contributed by atoms with E-state index in [2.05, 4.69) is 68.2 Å². The summed E-state index contributed by atoms with van der Waals surface area (Å²) in [6.45, 7) is 11.1. The Morgan fingerprint density at radius 2 is 1.67 bits per heavy atom. The van der Waals surface area contributed by atoms with Crippen molar-refractivity contribution in [2.45, 2.75) is 53.9 Å². The molecule has 0 spiro atoms. The summed E-state index contributed by atoms with van der Waals surface area (Å²) in [6.07, 6.45) is 5.42. The molecule has 4 heteroatoms. The molecular weight excluding hydrogens is 334 g/mol. The SMILES string of the molecule is Cc1ccc(C)n1-c1ccc(C(=O)NNC2=CC[C@H](C(C)(C)C)CC2)cc1. The summed E-state index contributed by atoms with van der Waals surface area (Å²) in [7, 11) is 0. The van der Waals surface area contributed by atoms with E-state index in [1.54, 1.807) is 0 Å². The number of nitrogens with zero attached hydrogens (tertiary/aromatic N) is 1. The minimum atomic E-state index is -0.110. The molecule has 4 nitrogen and oxygen atoms in total. The fourth-order valence-electron chi connectivity index (χ4n) is 3.78. The van der Waals surface area contributed by atoms with Crippen molar-refractivity contribution >= 4 is 5.91 Å². The number of hydrogen-bond donors (Lipinski definition) is 2. The topological polar surface area (TPSA) is 46.1 Å². The second-order valence-electron chi connectivity index (χ2n) is 8.64. The van der Waals surface area contributed by atoms with Gasteiger partial charge in [0.05, 0.1) is 0 Å². The number of carbonyl (C=O) groups is 1. The van der Waals surface area contributed by atoms with Crippen LogP contribution in [-0.2, 0) is 0 Å². The van der Waals surface area contributed by atoms with Crippen molar-refractivity contribution in [2.75, 3.05) is 0 Å². The van der Waals surface area contributed by atoms with E-state index < -0.39 is 0 Å². The maximum atomic E-state index is 12.4. The summed E-state index contributed by atoms with van der Waals surface area (Å²) in [4.78, 5) is 12.4. The van der Waals surface area contributed by atoms with Gasteiger partial charge in [0.15, 0.2) is 0 Å². The van der Waals surface area contributed by atoms with Gasteiger partial charge in [-0.25, -0.2) is 0 Å². The predicted molar refractivity (Wildman–Crippen MR) is 111 cm³/mol. The Hall–Kier alpha value is -2.49. The van der Waals surface area contributed by atoms with Gasteiger partial charge in [-0.15, -0.1) is 0 Å². The first kappa shape index (κ1) is 19.3. The molecule has 1 heterocycles. The molecule has 0 radical (unpaired) electrons. The van der Waals surface area contributed by atoms with Crippen LogP contribution in [0.3, 0.4) is 0 Å². The number of aromatic nitrogens is 1. The Bertz CT molecular complexity index is 818. The summed E-state index contributed by atoms with van der Waals surface area (Å²) < 4.78 is 2.18. The number of nitrogens with one attached hydrogen (secondary N) is 2. The van der Waals surface area contributed by atoms with Crippen LogP contribution in [0, 0.1) is 25.2 Å². The number of benzene rings is 1. The summed E-state index contributed by atoms with van der Waals surface area (Å²) >= 11 is 0. The molecule has 27 heavy (non-hydrogen) atoms. The number of aryl methyl sites for hydroxylation is 2. The van der Waals surface area contributed by atoms with Crippen LogP contribution >= 0.6 is 0 Å². The van der Waals surface area contributed by atoms with Crippen LogP contribution in [0.15, 0.2) is 48.2 Å². The van der Waals surface area contributed by atoms with Gasteiger partial charge in [0.2, 0.25) is 0 Å². The molecule has 0 unspecified atom stereocenters. The first-order valence-corrected chi connectivity index (χ1v) is 9.76. The molecule has 1 atom stereocenters. The number of amides is 1. The van der Waals surface area contributed by atoms with Crippen molar-refractivity contribution in [3.8, 4) is 5.69 Å². The molecule has 0 fully saturated rings. The minimum absolute atomic E-state index is 0.110. The zero-order valence-corrected chi connectivity index (χ0v) is 17.1. The summed E-state index contributed by atoms with van der Waals surface area (Å²) in [6, 6.07) is 11.9. The molecule has 1 aromatic heterocycles. The van der Waals surface area contributed by atoms with Crippen LogP contribution in [0.25, 0.3) is 5.69 Å². The lowest BCUT2D eigenvalue weighted by Gasteiger charge is -2.33. The maximum Gasteiger partial charge on any atom is 0.269 e. The van der Waals surface area contributed by atoms with Crippen molar-refractivity contribution in [1.29, 1.82) is 0 Å². The molecule has 144 valence electrons. The number of rotatable bonds is 4. The largest absolute Gasteiger partial charge is 0.319 e. The van der Waals surface area contributed by atoms with Gasteiger partial charge >= 0.3 is 0 Å². The third kappa shape index (κ3) is 4.44. The van der Waals surface area contributed by atoms with E-state index in [9.17, 15) is 4.79 Å². The lowest BCUT2D eigenvalue weighted by Crippen LogP contribution is -2.38. The monoisotopic (exact) mass is 365 g/mol. The molecule has 1 amide bonds. The highest BCUT2D eigenvalue weighted by Crippen LogP contribution is 2.36. The van der Waals surface area contributed by atoms with Crippen LogP contribution in [0.2, 0.25) is 0 Å². The van der Waals surface area contributed by atoms with Gasteiger partial charge in [-0.05, 0) is 80.8 Å². The van der Waals surface area contributed by atoms with Crippen LogP contribution in [0.1, 0.15) is 61.8 Å². The first-order chi connectivity index (χ1) is 12.8. The van der Waals surface area contributed by atoms with E-state index in [4.69, 9.17) is 0 Å². The van der Waals surface area contributed by atoms with Crippen LogP contribution < -0.4 is 10.9 Å². The van der Waals surface area contributed by atoms with Crippen LogP contribution in [-0.4, -0.2) is 10.5 Å². The van der Waals surface area contributed by atoms with E-state index in [0.717, 1.165) is 30.6 Å². The Morgan fingerprint density at radius 1 is 1.04 bits per heavy atom. The minimum Gasteiger partial charge on any atom is -0.319 e. The zero-order valence-electron chi connectivity index (χ0n) is 17.1. The molecule has 2 N–H and O–H groups in total. The fraction of sp³-hybridized carbons (Fsp3) is 0.435. The molecule has 0 saturated heterocycles. The fourth-order valence-corrected chi connectivity index (χ4v) is 3.78. The average molecular weight is 366 g/mol. The lowest BCUT2D eigenvalue weighted by molar-refractivity contribution is 0.0937. The van der Waals surface area contributed by atoms with Gasteiger partial charge in [-0.1, -0.05) is 26.8 Å². The number of hydrazine groups is 1. The smallest absolute Gasteiger partial charge is 0.269 e. The molecule has 1 aliphatic carbocycles. The van der Waals surface area contributed by atoms with Crippen molar-refractivity contribution < 1.29 is 4.79 Å². The molecule has 3 rings (SSSR count). The highest BCUT2D eigenvalue weighted by Gasteiger charge is 2.26. The Kier molecular flexibility index (Phi) is 5.45. The van der Waals surface area contributed by atoms with E-state index >= 15 is 0 Å². The number of allylic oxidation sites excluding steroid dienone is 2. The van der Waals surface area contributed by atoms with Crippen molar-refractivity contribution in [1.82, 2.24) is 15.4 Å². The second kappa shape index (κ2) is 7.63. The van der Waals surface area contributed by atoms with Gasteiger partial charge < -0.3 is 9.99 Å². The molecule has 1 aliphatic rings. The average Bonchev–Trinajstić information content (AvgIpc) is 2.98. The van der Waals surface area contributed by atoms with Crippen molar-refractivity contribution in [3.63, 3.8) is 0 Å². The van der Waals surface area contributed by atoms with E-state index in [0.29, 0.717) is 16.9 Å². The third-order valence-corrected chi connectivity index (χ3v) is 5.63. The van der Waals surface area contributed by atoms with Gasteiger partial charge in [0.25, 0.3) is 5.91 Å². The van der Waals surface area contributed by atoms with E-state index in [-0.39, 0.29) is 5.91 Å². The third-order valence-electron chi connectivity index (χ3n) is 5.63. The molecule has 2 aromatic rings. The standard InChI is InChI=1S/C23H31N3O/c1-16-6-7-17(2)26(16)21-14-8-18(9-15-21)22(27)25-24-20-12-10-19(11-13-20)23(3,4)5/h6-9,12,14-15,19,24H,10-11,13H2,1-5H3,(H,25,27)/t19-/m0/s1. The van der Waals surface area contributed by atoms with Gasteiger partial charge in [0.1, 0.15) is 0 Å². The highest BCUT2D eigenvalue weighted by atomic mass is 16.2. The highest BCUT2D eigenvalue weighted by molar-refractivity contribution is 5.94. The normalized spacial score (nSPS) is 17.4. The Morgan fingerprint density at radius 3 is 2.19 bits per heavy atom. The van der Waals surface area contributed by atoms with Crippen molar-refractivity contribution in [2.24, 2.45) is 11.3 Å². The Balaban J connectivity index is 1.59. The first-order valence-electron chi connectivity index (χ1n) is 9.76. The summed E-state index contributed by atoms with van der Waals surface area (Å²) in [5.74, 6) is 0.591. The van der Waals surface area contributed by atoms with Crippen molar-refractivity contribution in [3.05, 3.63) is 65.1 Å². The molecule has 1 aromatic carbocycles. The zero-order chi connectivity index (χ0) is 19.6. The predicted octanol–water partition coefficient (Wildman–Crippen LogP) is 5.06. The summed E-state index contributed by atoms with van der Waals surface area (Å²) in [5, 5.41) is 0. The maximum absolute atomic E-state index is 12.4. The van der Waals surface area contributed by atoms with Gasteiger partial charge in [0, 0.05) is 28.3 Å². The molecule has 0 saturated carbocycles. The molecule has 0 bridgehead atoms. The van der Waals surface area contributed by atoms with Gasteiger partial charge in [-0.2, -0.15) is 0 Å². The van der Waals surface area contributed by atoms with Crippen LogP contribution in [0.4, 0.5) is 0 Å². The number of hydrogen-bond acceptors (Lipinski definition) is 2. The van der Waals surface area contributed by atoms with E-state index in [1.165, 1.54) is 11.4 Å². The quantitative estimate of drug-likeness (QED) is 0.744. The second-order valence-corrected chi connectivity index (χ2v) is 8.64. The molecular formula is C23H31N3O.